The molecule has 0 saturated heterocycles. The van der Waals surface area contributed by atoms with Gasteiger partial charge in [-0.15, -0.1) is 0 Å². The first kappa shape index (κ1) is 16.3. The maximum atomic E-state index is 4.40. The van der Waals surface area contributed by atoms with E-state index >= 15 is 0 Å². The van der Waals surface area contributed by atoms with E-state index in [1.165, 1.54) is 11.1 Å². The highest BCUT2D eigenvalue weighted by atomic mass is 14.9. The predicted molar refractivity (Wildman–Crippen MR) is 97.7 cm³/mol. The van der Waals surface area contributed by atoms with Crippen LogP contribution in [0.1, 0.15) is 22.5 Å². The molecule has 0 fully saturated rings. The molecular weight excluding hydrogens is 294 g/mol. The van der Waals surface area contributed by atoms with Gasteiger partial charge in [-0.2, -0.15) is 0 Å². The average Bonchev–Trinajstić information content (AvgIpc) is 2.66. The first-order valence-corrected chi connectivity index (χ1v) is 8.48. The lowest BCUT2D eigenvalue weighted by Crippen LogP contribution is -2.17. The Balaban J connectivity index is 1.45. The Kier molecular flexibility index (Phi) is 6.09. The van der Waals surface area contributed by atoms with Crippen LogP contribution in [0.15, 0.2) is 73.1 Å². The zero-order valence-electron chi connectivity index (χ0n) is 13.9. The summed E-state index contributed by atoms with van der Waals surface area (Å²) in [5, 5.41) is 3.47. The predicted octanol–water partition coefficient (Wildman–Crippen LogP) is 3.59. The van der Waals surface area contributed by atoms with Gasteiger partial charge in [-0.05, 0) is 30.0 Å². The molecule has 0 amide bonds. The number of aromatic nitrogens is 2. The Hall–Kier alpha value is -2.52. The molecule has 0 unspecified atom stereocenters. The summed E-state index contributed by atoms with van der Waals surface area (Å²) >= 11 is 0. The smallest absolute Gasteiger partial charge is 0.115 e. The van der Waals surface area contributed by atoms with Crippen molar-refractivity contribution in [3.05, 3.63) is 95.6 Å². The number of aryl methyl sites for hydroxylation is 2. The topological polar surface area (TPSA) is 37.8 Å². The molecule has 0 aliphatic carbocycles. The monoisotopic (exact) mass is 317 g/mol. The highest BCUT2D eigenvalue weighted by molar-refractivity contribution is 5.17. The van der Waals surface area contributed by atoms with E-state index in [0.29, 0.717) is 0 Å². The Morgan fingerprint density at radius 1 is 0.667 bits per heavy atom. The molecule has 0 bridgehead atoms. The lowest BCUT2D eigenvalue weighted by Gasteiger charge is -2.06. The van der Waals surface area contributed by atoms with Crippen molar-refractivity contribution in [2.75, 3.05) is 6.54 Å². The van der Waals surface area contributed by atoms with Gasteiger partial charge in [0.15, 0.2) is 0 Å². The fourth-order valence-electron chi connectivity index (χ4n) is 2.68. The van der Waals surface area contributed by atoms with Crippen molar-refractivity contribution in [1.29, 1.82) is 0 Å². The van der Waals surface area contributed by atoms with Crippen LogP contribution < -0.4 is 5.32 Å². The molecule has 0 aliphatic rings. The summed E-state index contributed by atoms with van der Waals surface area (Å²) in [7, 11) is 0. The molecule has 0 aliphatic heterocycles. The standard InChI is InChI=1S/C21H23N3/c1-3-7-18(8-4-1)11-12-20-15-21(24-17-23-20)13-14-22-16-19-9-5-2-6-10-19/h1-10,15,17,22H,11-14,16H2. The maximum Gasteiger partial charge on any atom is 0.115 e. The van der Waals surface area contributed by atoms with Gasteiger partial charge in [0.2, 0.25) is 0 Å². The molecule has 3 nitrogen and oxygen atoms in total. The molecule has 0 atom stereocenters. The fraction of sp³-hybridized carbons (Fsp3) is 0.238. The fourth-order valence-corrected chi connectivity index (χ4v) is 2.68. The van der Waals surface area contributed by atoms with Crippen LogP contribution in [0, 0.1) is 0 Å². The molecule has 1 aromatic heterocycles. The third-order valence-electron chi connectivity index (χ3n) is 4.02. The molecule has 3 aromatic rings. The van der Waals surface area contributed by atoms with Gasteiger partial charge in [0, 0.05) is 30.9 Å². The van der Waals surface area contributed by atoms with Crippen LogP contribution in [0.3, 0.4) is 0 Å². The van der Waals surface area contributed by atoms with Crippen molar-refractivity contribution in [3.63, 3.8) is 0 Å². The van der Waals surface area contributed by atoms with Gasteiger partial charge in [0.05, 0.1) is 0 Å². The van der Waals surface area contributed by atoms with E-state index in [-0.39, 0.29) is 0 Å². The van der Waals surface area contributed by atoms with Crippen molar-refractivity contribution in [2.24, 2.45) is 0 Å². The largest absolute Gasteiger partial charge is 0.312 e. The maximum absolute atomic E-state index is 4.40. The number of hydrogen-bond acceptors (Lipinski definition) is 3. The van der Waals surface area contributed by atoms with E-state index in [1.54, 1.807) is 6.33 Å². The van der Waals surface area contributed by atoms with Crippen LogP contribution >= 0.6 is 0 Å². The summed E-state index contributed by atoms with van der Waals surface area (Å²) in [5.41, 5.74) is 4.88. The van der Waals surface area contributed by atoms with Crippen LogP contribution in [0.4, 0.5) is 0 Å². The van der Waals surface area contributed by atoms with Crippen molar-refractivity contribution in [1.82, 2.24) is 15.3 Å². The average molecular weight is 317 g/mol. The zero-order chi connectivity index (χ0) is 16.5. The Labute approximate surface area is 143 Å². The van der Waals surface area contributed by atoms with Crippen molar-refractivity contribution < 1.29 is 0 Å². The lowest BCUT2D eigenvalue weighted by molar-refractivity contribution is 0.677. The number of nitrogens with one attached hydrogen (secondary N) is 1. The molecule has 0 spiro atoms. The molecule has 3 rings (SSSR count). The summed E-state index contributed by atoms with van der Waals surface area (Å²) in [5.74, 6) is 0. The molecular formula is C21H23N3. The quantitative estimate of drug-likeness (QED) is 0.645. The van der Waals surface area contributed by atoms with E-state index in [1.807, 2.05) is 6.07 Å². The molecule has 2 aromatic carbocycles. The Morgan fingerprint density at radius 2 is 1.29 bits per heavy atom. The third-order valence-corrected chi connectivity index (χ3v) is 4.02. The van der Waals surface area contributed by atoms with Gasteiger partial charge in [0.25, 0.3) is 0 Å². The number of nitrogens with zero attached hydrogens (tertiary/aromatic N) is 2. The normalized spacial score (nSPS) is 10.7. The second kappa shape index (κ2) is 8.94. The van der Waals surface area contributed by atoms with E-state index in [9.17, 15) is 0 Å². The number of hydrogen-bond donors (Lipinski definition) is 1. The molecule has 3 heteroatoms. The third kappa shape index (κ3) is 5.28. The van der Waals surface area contributed by atoms with E-state index < -0.39 is 0 Å². The highest BCUT2D eigenvalue weighted by Crippen LogP contribution is 2.06. The van der Waals surface area contributed by atoms with E-state index in [2.05, 4.69) is 75.9 Å². The second-order valence-corrected chi connectivity index (χ2v) is 5.90. The second-order valence-electron chi connectivity index (χ2n) is 5.90. The summed E-state index contributed by atoms with van der Waals surface area (Å²) in [6.07, 6.45) is 4.58. The molecule has 1 heterocycles. The van der Waals surface area contributed by atoms with Crippen molar-refractivity contribution in [3.8, 4) is 0 Å². The van der Waals surface area contributed by atoms with Gasteiger partial charge in [0.1, 0.15) is 6.33 Å². The minimum atomic E-state index is 0.896. The van der Waals surface area contributed by atoms with Crippen molar-refractivity contribution >= 4 is 0 Å². The number of benzene rings is 2. The van der Waals surface area contributed by atoms with Crippen LogP contribution in [-0.4, -0.2) is 16.5 Å². The first-order chi connectivity index (χ1) is 11.9. The van der Waals surface area contributed by atoms with Crippen LogP contribution in [0.2, 0.25) is 0 Å². The molecule has 0 saturated carbocycles. The molecule has 24 heavy (non-hydrogen) atoms. The van der Waals surface area contributed by atoms with E-state index in [4.69, 9.17) is 0 Å². The van der Waals surface area contributed by atoms with Crippen LogP contribution in [0.25, 0.3) is 0 Å². The highest BCUT2D eigenvalue weighted by Gasteiger charge is 2.01. The summed E-state index contributed by atoms with van der Waals surface area (Å²) in [6, 6.07) is 23.1. The van der Waals surface area contributed by atoms with Gasteiger partial charge >= 0.3 is 0 Å². The SMILES string of the molecule is c1ccc(CCc2cc(CCNCc3ccccc3)ncn2)cc1. The molecule has 122 valence electrons. The van der Waals surface area contributed by atoms with Gasteiger partial charge in [-0.3, -0.25) is 0 Å². The number of rotatable bonds is 8. The Morgan fingerprint density at radius 3 is 2.00 bits per heavy atom. The van der Waals surface area contributed by atoms with E-state index in [0.717, 1.165) is 43.7 Å². The minimum Gasteiger partial charge on any atom is -0.312 e. The minimum absolute atomic E-state index is 0.896. The zero-order valence-corrected chi connectivity index (χ0v) is 13.9. The summed E-state index contributed by atoms with van der Waals surface area (Å²) in [4.78, 5) is 8.79. The van der Waals surface area contributed by atoms with Crippen molar-refractivity contribution in [2.45, 2.75) is 25.8 Å². The van der Waals surface area contributed by atoms with Gasteiger partial charge < -0.3 is 5.32 Å². The van der Waals surface area contributed by atoms with Crippen LogP contribution in [-0.2, 0) is 25.8 Å². The first-order valence-electron chi connectivity index (χ1n) is 8.48. The summed E-state index contributed by atoms with van der Waals surface area (Å²) in [6.45, 7) is 1.82. The molecule has 1 N–H and O–H groups in total. The van der Waals surface area contributed by atoms with Gasteiger partial charge in [-0.25, -0.2) is 9.97 Å². The van der Waals surface area contributed by atoms with Gasteiger partial charge in [-0.1, -0.05) is 60.7 Å². The van der Waals surface area contributed by atoms with Crippen LogP contribution in [0.5, 0.6) is 0 Å². The Bertz CT molecular complexity index is 726. The summed E-state index contributed by atoms with van der Waals surface area (Å²) < 4.78 is 0. The molecule has 0 radical (unpaired) electrons. The lowest BCUT2D eigenvalue weighted by atomic mass is 10.1.